The number of thiophene rings is 1. The van der Waals surface area contributed by atoms with Crippen LogP contribution in [0, 0.1) is 0 Å². The van der Waals surface area contributed by atoms with Crippen LogP contribution in [0.2, 0.25) is 0 Å². The van der Waals surface area contributed by atoms with Gasteiger partial charge in [0, 0.05) is 11.1 Å². The number of aryl methyl sites for hydroxylation is 1. The summed E-state index contributed by atoms with van der Waals surface area (Å²) in [5, 5.41) is 16.2. The van der Waals surface area contributed by atoms with Crippen LogP contribution in [-0.2, 0) is 22.4 Å². The Balaban J connectivity index is 1.86. The topological polar surface area (TPSA) is 111 Å². The Morgan fingerprint density at radius 3 is 2.81 bits per heavy atom. The Kier molecular flexibility index (Phi) is 5.59. The van der Waals surface area contributed by atoms with Crippen LogP contribution in [0.5, 0.6) is 0 Å². The summed E-state index contributed by atoms with van der Waals surface area (Å²) in [5.74, 6) is -1.91. The van der Waals surface area contributed by atoms with Gasteiger partial charge in [-0.15, -0.1) is 11.3 Å². The van der Waals surface area contributed by atoms with Gasteiger partial charge < -0.3 is 15.2 Å². The Bertz CT molecular complexity index is 886. The van der Waals surface area contributed by atoms with E-state index < -0.39 is 23.9 Å². The molecule has 144 valence electrons. The number of hydrogen-bond donors (Lipinski definition) is 2. The van der Waals surface area contributed by atoms with Crippen molar-refractivity contribution in [1.29, 1.82) is 0 Å². The molecule has 0 fully saturated rings. The molecule has 1 unspecified atom stereocenters. The number of carboxylic acids is 1. The molecule has 0 bridgehead atoms. The molecule has 1 atom stereocenters. The number of carboxylic acid groups (broad SMARTS) is 1. The van der Waals surface area contributed by atoms with E-state index >= 15 is 0 Å². The van der Waals surface area contributed by atoms with Gasteiger partial charge in [0.1, 0.15) is 11.0 Å². The van der Waals surface area contributed by atoms with Gasteiger partial charge in [-0.1, -0.05) is 0 Å². The summed E-state index contributed by atoms with van der Waals surface area (Å²) in [4.78, 5) is 37.2. The second-order valence-electron chi connectivity index (χ2n) is 6.31. The first-order chi connectivity index (χ1) is 12.9. The highest BCUT2D eigenvalue weighted by Gasteiger charge is 2.27. The zero-order valence-corrected chi connectivity index (χ0v) is 16.0. The highest BCUT2D eigenvalue weighted by atomic mass is 32.1. The lowest BCUT2D eigenvalue weighted by Crippen LogP contribution is -2.17. The van der Waals surface area contributed by atoms with Crippen molar-refractivity contribution in [2.24, 2.45) is 0 Å². The molecule has 0 saturated carbocycles. The van der Waals surface area contributed by atoms with Gasteiger partial charge in [0.05, 0.1) is 23.9 Å². The molecule has 2 aromatic rings. The van der Waals surface area contributed by atoms with E-state index in [1.165, 1.54) is 35.3 Å². The first-order valence-electron chi connectivity index (χ1n) is 8.82. The van der Waals surface area contributed by atoms with Gasteiger partial charge in [0.25, 0.3) is 5.91 Å². The van der Waals surface area contributed by atoms with E-state index in [0.717, 1.165) is 36.1 Å². The molecule has 8 nitrogen and oxygen atoms in total. The number of nitrogens with zero attached hydrogens (tertiary/aromatic N) is 2. The van der Waals surface area contributed by atoms with Gasteiger partial charge in [-0.2, -0.15) is 5.10 Å². The molecule has 27 heavy (non-hydrogen) atoms. The Labute approximate surface area is 160 Å². The quantitative estimate of drug-likeness (QED) is 0.733. The van der Waals surface area contributed by atoms with E-state index in [0.29, 0.717) is 10.6 Å². The smallest absolute Gasteiger partial charge is 0.341 e. The molecule has 0 aromatic carbocycles. The summed E-state index contributed by atoms with van der Waals surface area (Å²) in [6.45, 7) is 3.48. The minimum absolute atomic E-state index is 0.226. The average Bonchev–Trinajstić information content (AvgIpc) is 3.25. The third kappa shape index (κ3) is 3.87. The number of aromatic nitrogens is 2. The van der Waals surface area contributed by atoms with Crippen molar-refractivity contribution in [3.63, 3.8) is 0 Å². The van der Waals surface area contributed by atoms with E-state index in [1.807, 2.05) is 0 Å². The van der Waals surface area contributed by atoms with E-state index in [4.69, 9.17) is 9.84 Å². The molecule has 1 amide bonds. The Morgan fingerprint density at radius 1 is 1.37 bits per heavy atom. The number of rotatable bonds is 6. The van der Waals surface area contributed by atoms with Gasteiger partial charge in [0.15, 0.2) is 0 Å². The molecule has 1 aliphatic rings. The lowest BCUT2D eigenvalue weighted by molar-refractivity contribution is -0.140. The zero-order chi connectivity index (χ0) is 19.6. The van der Waals surface area contributed by atoms with Crippen molar-refractivity contribution >= 4 is 34.2 Å². The summed E-state index contributed by atoms with van der Waals surface area (Å²) >= 11 is 1.40. The minimum Gasteiger partial charge on any atom is -0.480 e. The van der Waals surface area contributed by atoms with Crippen molar-refractivity contribution in [2.75, 3.05) is 11.9 Å². The second-order valence-corrected chi connectivity index (χ2v) is 7.42. The molecule has 0 spiro atoms. The summed E-state index contributed by atoms with van der Waals surface area (Å²) in [6.07, 6.45) is 6.44. The minimum atomic E-state index is -1.04. The molecule has 1 aliphatic carbocycles. The number of nitrogens with one attached hydrogen (secondary N) is 1. The molecule has 3 rings (SSSR count). The van der Waals surface area contributed by atoms with Crippen LogP contribution in [-0.4, -0.2) is 39.3 Å². The van der Waals surface area contributed by atoms with E-state index in [9.17, 15) is 14.4 Å². The van der Waals surface area contributed by atoms with Gasteiger partial charge in [-0.05, 0) is 45.1 Å². The van der Waals surface area contributed by atoms with Gasteiger partial charge in [-0.25, -0.2) is 9.59 Å². The van der Waals surface area contributed by atoms with Crippen LogP contribution in [0.1, 0.15) is 63.9 Å². The fraction of sp³-hybridized carbons (Fsp3) is 0.444. The average molecular weight is 391 g/mol. The number of aliphatic carboxylic acids is 1. The fourth-order valence-electron chi connectivity index (χ4n) is 3.03. The maximum Gasteiger partial charge on any atom is 0.341 e. The van der Waals surface area contributed by atoms with Crippen molar-refractivity contribution in [2.45, 2.75) is 45.6 Å². The third-order valence-electron chi connectivity index (χ3n) is 4.50. The number of fused-ring (bicyclic) bond motifs is 1. The van der Waals surface area contributed by atoms with Crippen LogP contribution in [0.15, 0.2) is 12.4 Å². The molecule has 0 aliphatic heterocycles. The largest absolute Gasteiger partial charge is 0.480 e. The van der Waals surface area contributed by atoms with E-state index in [1.54, 1.807) is 6.92 Å². The van der Waals surface area contributed by atoms with Crippen molar-refractivity contribution < 1.29 is 24.2 Å². The molecule has 0 radical (unpaired) electrons. The first-order valence-corrected chi connectivity index (χ1v) is 9.64. The number of carbonyl (C=O) groups excluding carboxylic acids is 2. The summed E-state index contributed by atoms with van der Waals surface area (Å²) < 4.78 is 6.39. The van der Waals surface area contributed by atoms with E-state index in [-0.39, 0.29) is 12.2 Å². The van der Waals surface area contributed by atoms with Crippen molar-refractivity contribution in [3.05, 3.63) is 34.0 Å². The van der Waals surface area contributed by atoms with Crippen molar-refractivity contribution in [1.82, 2.24) is 9.78 Å². The highest BCUT2D eigenvalue weighted by molar-refractivity contribution is 7.17. The fourth-order valence-corrected chi connectivity index (χ4v) is 4.30. The van der Waals surface area contributed by atoms with Crippen LogP contribution in [0.4, 0.5) is 5.00 Å². The zero-order valence-electron chi connectivity index (χ0n) is 15.2. The molecule has 9 heteroatoms. The first kappa shape index (κ1) is 19.1. The van der Waals surface area contributed by atoms with Crippen LogP contribution in [0.25, 0.3) is 0 Å². The highest BCUT2D eigenvalue weighted by Crippen LogP contribution is 2.38. The van der Waals surface area contributed by atoms with Crippen LogP contribution in [0.3, 0.4) is 0 Å². The molecule has 2 N–H and O–H groups in total. The van der Waals surface area contributed by atoms with Crippen LogP contribution < -0.4 is 5.32 Å². The number of amides is 1. The lowest BCUT2D eigenvalue weighted by atomic mass is 9.95. The summed E-state index contributed by atoms with van der Waals surface area (Å²) in [7, 11) is 0. The molecule has 2 aromatic heterocycles. The molecule has 0 saturated heterocycles. The lowest BCUT2D eigenvalue weighted by Gasteiger charge is -2.12. The Hall–Kier alpha value is -2.68. The number of ether oxygens (including phenoxy) is 1. The third-order valence-corrected chi connectivity index (χ3v) is 5.70. The standard InChI is InChI=1S/C18H21N3O5S/c1-3-26-18(25)14-12-6-4-5-7-13(12)27-16(14)20-15(22)11-8-19-21(9-11)10(2)17(23)24/h8-10H,3-7H2,1-2H3,(H,20,22)(H,23,24). The predicted octanol–water partition coefficient (Wildman–Crippen LogP) is 2.90. The van der Waals surface area contributed by atoms with E-state index in [2.05, 4.69) is 10.4 Å². The summed E-state index contributed by atoms with van der Waals surface area (Å²) in [5.41, 5.74) is 1.63. The molecular weight excluding hydrogens is 370 g/mol. The number of esters is 1. The maximum absolute atomic E-state index is 12.6. The predicted molar refractivity (Wildman–Crippen MR) is 99.4 cm³/mol. The van der Waals surface area contributed by atoms with Gasteiger partial charge in [0.2, 0.25) is 0 Å². The van der Waals surface area contributed by atoms with Crippen molar-refractivity contribution in [3.8, 4) is 0 Å². The molecule has 2 heterocycles. The monoisotopic (exact) mass is 391 g/mol. The number of hydrogen-bond acceptors (Lipinski definition) is 6. The molecular formula is C18H21N3O5S. The second kappa shape index (κ2) is 7.91. The SMILES string of the molecule is CCOC(=O)c1c(NC(=O)c2cnn(C(C)C(=O)O)c2)sc2c1CCCC2. The summed E-state index contributed by atoms with van der Waals surface area (Å²) in [6, 6.07) is -0.879. The van der Waals surface area contributed by atoms with Gasteiger partial charge in [-0.3, -0.25) is 9.48 Å². The Morgan fingerprint density at radius 2 is 2.11 bits per heavy atom. The van der Waals surface area contributed by atoms with Gasteiger partial charge >= 0.3 is 11.9 Å². The van der Waals surface area contributed by atoms with Crippen LogP contribution >= 0.6 is 11.3 Å². The number of carbonyl (C=O) groups is 3. The maximum atomic E-state index is 12.6. The normalized spacial score (nSPS) is 14.3. The number of anilines is 1.